The minimum atomic E-state index is -0.694. The lowest BCUT2D eigenvalue weighted by atomic mass is 9.89. The van der Waals surface area contributed by atoms with E-state index in [1.807, 2.05) is 25.1 Å². The SMILES string of the molecule is CC1(N)COC(c2ccccc2)([C@H]2CCCCN2)OC1. The van der Waals surface area contributed by atoms with Crippen molar-refractivity contribution in [3.05, 3.63) is 35.9 Å². The number of nitrogens with one attached hydrogen (secondary N) is 1. The fraction of sp³-hybridized carbons (Fsp3) is 0.625. The van der Waals surface area contributed by atoms with Gasteiger partial charge in [-0.3, -0.25) is 0 Å². The summed E-state index contributed by atoms with van der Waals surface area (Å²) in [6.45, 7) is 4.02. The van der Waals surface area contributed by atoms with E-state index in [9.17, 15) is 0 Å². The summed E-state index contributed by atoms with van der Waals surface area (Å²) in [6, 6.07) is 10.4. The Balaban J connectivity index is 1.91. The van der Waals surface area contributed by atoms with Gasteiger partial charge in [-0.2, -0.15) is 0 Å². The van der Waals surface area contributed by atoms with Crippen LogP contribution in [0.2, 0.25) is 0 Å². The molecule has 0 radical (unpaired) electrons. The van der Waals surface area contributed by atoms with E-state index in [4.69, 9.17) is 15.2 Å². The van der Waals surface area contributed by atoms with Gasteiger partial charge in [0.15, 0.2) is 0 Å². The van der Waals surface area contributed by atoms with Crippen LogP contribution in [0.5, 0.6) is 0 Å². The largest absolute Gasteiger partial charge is 0.343 e. The Hall–Kier alpha value is -0.940. The molecule has 20 heavy (non-hydrogen) atoms. The average Bonchev–Trinajstić information content (AvgIpc) is 2.50. The number of rotatable bonds is 2. The van der Waals surface area contributed by atoms with Gasteiger partial charge in [-0.05, 0) is 26.3 Å². The molecule has 2 saturated heterocycles. The first-order valence-electron chi connectivity index (χ1n) is 7.48. The van der Waals surface area contributed by atoms with Gasteiger partial charge in [-0.15, -0.1) is 0 Å². The molecule has 0 aliphatic carbocycles. The maximum absolute atomic E-state index is 6.20. The lowest BCUT2D eigenvalue weighted by Gasteiger charge is -2.48. The van der Waals surface area contributed by atoms with Crippen molar-refractivity contribution in [2.75, 3.05) is 19.8 Å². The van der Waals surface area contributed by atoms with Crippen LogP contribution in [0.15, 0.2) is 30.3 Å². The summed E-state index contributed by atoms with van der Waals surface area (Å²) >= 11 is 0. The monoisotopic (exact) mass is 276 g/mol. The first-order chi connectivity index (χ1) is 9.62. The van der Waals surface area contributed by atoms with Gasteiger partial charge in [0, 0.05) is 5.56 Å². The second-order valence-electron chi connectivity index (χ2n) is 6.27. The molecule has 2 heterocycles. The summed E-state index contributed by atoms with van der Waals surface area (Å²) < 4.78 is 12.4. The first kappa shape index (κ1) is 14.0. The van der Waals surface area contributed by atoms with Crippen LogP contribution in [-0.2, 0) is 15.3 Å². The van der Waals surface area contributed by atoms with Crippen LogP contribution in [0.4, 0.5) is 0 Å². The molecule has 0 aromatic heterocycles. The average molecular weight is 276 g/mol. The van der Waals surface area contributed by atoms with Crippen LogP contribution in [0, 0.1) is 0 Å². The van der Waals surface area contributed by atoms with Crippen molar-refractivity contribution in [3.63, 3.8) is 0 Å². The minimum absolute atomic E-state index is 0.190. The van der Waals surface area contributed by atoms with Gasteiger partial charge in [0.25, 0.3) is 0 Å². The van der Waals surface area contributed by atoms with E-state index in [1.165, 1.54) is 12.8 Å². The van der Waals surface area contributed by atoms with Gasteiger partial charge >= 0.3 is 0 Å². The van der Waals surface area contributed by atoms with Gasteiger partial charge in [-0.1, -0.05) is 36.8 Å². The first-order valence-corrected chi connectivity index (χ1v) is 7.48. The highest BCUT2D eigenvalue weighted by Crippen LogP contribution is 2.38. The van der Waals surface area contributed by atoms with Crippen LogP contribution < -0.4 is 11.1 Å². The quantitative estimate of drug-likeness (QED) is 0.864. The van der Waals surface area contributed by atoms with Gasteiger partial charge < -0.3 is 20.5 Å². The molecule has 0 spiro atoms. The molecule has 3 N–H and O–H groups in total. The molecular formula is C16H24N2O2. The predicted octanol–water partition coefficient (Wildman–Crippen LogP) is 1.75. The van der Waals surface area contributed by atoms with Crippen molar-refractivity contribution in [3.8, 4) is 0 Å². The van der Waals surface area contributed by atoms with Gasteiger partial charge in [0.2, 0.25) is 5.79 Å². The Morgan fingerprint density at radius 1 is 1.15 bits per heavy atom. The van der Waals surface area contributed by atoms with E-state index >= 15 is 0 Å². The lowest BCUT2D eigenvalue weighted by molar-refractivity contribution is -0.310. The van der Waals surface area contributed by atoms with Gasteiger partial charge in [0.05, 0.1) is 24.8 Å². The smallest absolute Gasteiger partial charge is 0.210 e. The zero-order chi connectivity index (χ0) is 14.1. The molecule has 1 aromatic rings. The topological polar surface area (TPSA) is 56.5 Å². The Labute approximate surface area is 120 Å². The van der Waals surface area contributed by atoms with Crippen LogP contribution in [-0.4, -0.2) is 31.3 Å². The van der Waals surface area contributed by atoms with Crippen molar-refractivity contribution in [1.82, 2.24) is 5.32 Å². The zero-order valence-corrected chi connectivity index (χ0v) is 12.1. The Bertz CT molecular complexity index is 431. The highest BCUT2D eigenvalue weighted by molar-refractivity contribution is 5.23. The van der Waals surface area contributed by atoms with Crippen LogP contribution in [0.25, 0.3) is 0 Å². The third-order valence-electron chi connectivity index (χ3n) is 4.18. The molecule has 110 valence electrons. The highest BCUT2D eigenvalue weighted by Gasteiger charge is 2.48. The molecule has 2 fully saturated rings. The van der Waals surface area contributed by atoms with Crippen molar-refractivity contribution in [1.29, 1.82) is 0 Å². The molecule has 1 aromatic carbocycles. The molecule has 2 aliphatic heterocycles. The summed E-state index contributed by atoms with van der Waals surface area (Å²) in [5.74, 6) is -0.694. The van der Waals surface area contributed by atoms with Crippen molar-refractivity contribution < 1.29 is 9.47 Å². The molecule has 3 rings (SSSR count). The van der Waals surface area contributed by atoms with Crippen LogP contribution in [0.3, 0.4) is 0 Å². The van der Waals surface area contributed by atoms with Crippen LogP contribution >= 0.6 is 0 Å². The predicted molar refractivity (Wildman–Crippen MR) is 78.3 cm³/mol. The lowest BCUT2D eigenvalue weighted by Crippen LogP contribution is -2.62. The summed E-state index contributed by atoms with van der Waals surface area (Å²) in [5, 5.41) is 3.56. The third kappa shape index (κ3) is 2.61. The van der Waals surface area contributed by atoms with E-state index in [-0.39, 0.29) is 6.04 Å². The summed E-state index contributed by atoms with van der Waals surface area (Å²) in [4.78, 5) is 0. The number of nitrogens with two attached hydrogens (primary N) is 1. The summed E-state index contributed by atoms with van der Waals surface area (Å²) in [7, 11) is 0. The normalized spacial score (nSPS) is 38.6. The number of hydrogen-bond donors (Lipinski definition) is 2. The molecule has 2 aliphatic rings. The van der Waals surface area contributed by atoms with Crippen molar-refractivity contribution in [2.24, 2.45) is 5.73 Å². The molecule has 0 saturated carbocycles. The molecule has 4 nitrogen and oxygen atoms in total. The minimum Gasteiger partial charge on any atom is -0.343 e. The van der Waals surface area contributed by atoms with E-state index in [0.717, 1.165) is 18.5 Å². The highest BCUT2D eigenvalue weighted by atomic mass is 16.7. The Kier molecular flexibility index (Phi) is 3.82. The number of ether oxygens (including phenoxy) is 2. The standard InChI is InChI=1S/C16H24N2O2/c1-15(17)11-19-16(20-12-15,13-7-3-2-4-8-13)14-9-5-6-10-18-14/h2-4,7-8,14,18H,5-6,9-12,17H2,1H3/t14-,15?,16?/m1/s1. The fourth-order valence-electron chi connectivity index (χ4n) is 3.04. The fourth-order valence-corrected chi connectivity index (χ4v) is 3.04. The Morgan fingerprint density at radius 3 is 2.45 bits per heavy atom. The molecule has 0 amide bonds. The molecule has 4 heteroatoms. The van der Waals surface area contributed by atoms with Gasteiger partial charge in [-0.25, -0.2) is 0 Å². The van der Waals surface area contributed by atoms with E-state index in [0.29, 0.717) is 13.2 Å². The maximum Gasteiger partial charge on any atom is 0.210 e. The Morgan fingerprint density at radius 2 is 1.85 bits per heavy atom. The third-order valence-corrected chi connectivity index (χ3v) is 4.18. The number of piperidine rings is 1. The second-order valence-corrected chi connectivity index (χ2v) is 6.27. The molecular weight excluding hydrogens is 252 g/mol. The molecule has 1 atom stereocenters. The van der Waals surface area contributed by atoms with Gasteiger partial charge in [0.1, 0.15) is 0 Å². The van der Waals surface area contributed by atoms with E-state index in [2.05, 4.69) is 17.4 Å². The maximum atomic E-state index is 6.20. The number of hydrogen-bond acceptors (Lipinski definition) is 4. The summed E-state index contributed by atoms with van der Waals surface area (Å²) in [5.41, 5.74) is 6.80. The number of benzene rings is 1. The molecule has 0 bridgehead atoms. The zero-order valence-electron chi connectivity index (χ0n) is 12.1. The molecule has 0 unspecified atom stereocenters. The van der Waals surface area contributed by atoms with Crippen molar-refractivity contribution >= 4 is 0 Å². The summed E-state index contributed by atoms with van der Waals surface area (Å²) in [6.07, 6.45) is 3.49. The van der Waals surface area contributed by atoms with E-state index in [1.54, 1.807) is 0 Å². The van der Waals surface area contributed by atoms with Crippen LogP contribution in [0.1, 0.15) is 31.7 Å². The van der Waals surface area contributed by atoms with Crippen molar-refractivity contribution in [2.45, 2.75) is 43.6 Å². The van der Waals surface area contributed by atoms with E-state index < -0.39 is 11.3 Å². The second kappa shape index (κ2) is 5.45.